The molecule has 0 unspecified atom stereocenters. The Hall–Kier alpha value is -1.43. The van der Waals surface area contributed by atoms with Crippen molar-refractivity contribution in [3.63, 3.8) is 0 Å². The third-order valence-corrected chi connectivity index (χ3v) is 6.61. The zero-order valence-corrected chi connectivity index (χ0v) is 12.5. The van der Waals surface area contributed by atoms with Gasteiger partial charge in [-0.15, -0.1) is 0 Å². The summed E-state index contributed by atoms with van der Waals surface area (Å²) in [6.45, 7) is 3.16. The monoisotopic (exact) mass is 302 g/mol. The van der Waals surface area contributed by atoms with Crippen LogP contribution in [0.4, 0.5) is 0 Å². The Labute approximate surface area is 124 Å². The van der Waals surface area contributed by atoms with Crippen LogP contribution in [-0.2, 0) is 10.0 Å². The molecule has 0 spiro atoms. The molecule has 110 valence electrons. The maximum Gasteiger partial charge on any atom is 0.243 e. The number of hydrogen-bond acceptors (Lipinski definition) is 3. The van der Waals surface area contributed by atoms with Gasteiger partial charge < -0.3 is 5.32 Å². The van der Waals surface area contributed by atoms with Crippen LogP contribution in [0.2, 0.25) is 0 Å². The lowest BCUT2D eigenvalue weighted by Crippen LogP contribution is -2.32. The Morgan fingerprint density at radius 3 is 2.38 bits per heavy atom. The molecule has 0 radical (unpaired) electrons. The highest BCUT2D eigenvalue weighted by Gasteiger charge is 2.41. The normalized spacial score (nSPS) is 26.3. The number of benzene rings is 2. The topological polar surface area (TPSA) is 49.4 Å². The van der Waals surface area contributed by atoms with Crippen molar-refractivity contribution in [2.45, 2.75) is 4.90 Å². The highest BCUT2D eigenvalue weighted by Crippen LogP contribution is 2.33. The van der Waals surface area contributed by atoms with Crippen molar-refractivity contribution in [2.24, 2.45) is 11.8 Å². The molecule has 0 aliphatic carbocycles. The van der Waals surface area contributed by atoms with E-state index in [0.717, 1.165) is 23.9 Å². The van der Waals surface area contributed by atoms with Crippen molar-refractivity contribution >= 4 is 20.8 Å². The Morgan fingerprint density at radius 1 is 0.952 bits per heavy atom. The summed E-state index contributed by atoms with van der Waals surface area (Å²) in [5.74, 6) is 0.935. The molecular formula is C16H18N2O2S. The molecule has 2 atom stereocenters. The number of nitrogens with one attached hydrogen (secondary N) is 1. The first kappa shape index (κ1) is 13.2. The Morgan fingerprint density at radius 2 is 1.62 bits per heavy atom. The number of sulfonamides is 1. The smallest absolute Gasteiger partial charge is 0.243 e. The summed E-state index contributed by atoms with van der Waals surface area (Å²) < 4.78 is 27.6. The molecule has 0 aromatic heterocycles. The summed E-state index contributed by atoms with van der Waals surface area (Å²) in [4.78, 5) is 0.438. The van der Waals surface area contributed by atoms with Crippen LogP contribution < -0.4 is 5.32 Å². The van der Waals surface area contributed by atoms with E-state index in [2.05, 4.69) is 5.32 Å². The third-order valence-electron chi connectivity index (χ3n) is 4.72. The molecule has 1 N–H and O–H groups in total. The van der Waals surface area contributed by atoms with Gasteiger partial charge in [-0.2, -0.15) is 4.31 Å². The number of hydrogen-bond donors (Lipinski definition) is 1. The van der Waals surface area contributed by atoms with E-state index in [9.17, 15) is 8.42 Å². The van der Waals surface area contributed by atoms with Crippen LogP contribution in [0.1, 0.15) is 0 Å². The van der Waals surface area contributed by atoms with Gasteiger partial charge in [-0.25, -0.2) is 8.42 Å². The van der Waals surface area contributed by atoms with Gasteiger partial charge in [0, 0.05) is 18.5 Å². The van der Waals surface area contributed by atoms with Gasteiger partial charge in [0.25, 0.3) is 0 Å². The number of rotatable bonds is 2. The molecule has 5 heteroatoms. The zero-order chi connectivity index (χ0) is 14.4. The molecule has 2 aliphatic heterocycles. The van der Waals surface area contributed by atoms with Crippen LogP contribution >= 0.6 is 0 Å². The fourth-order valence-corrected chi connectivity index (χ4v) is 5.34. The second kappa shape index (κ2) is 4.80. The molecular weight excluding hydrogens is 284 g/mol. The summed E-state index contributed by atoms with van der Waals surface area (Å²) in [7, 11) is -3.40. The lowest BCUT2D eigenvalue weighted by atomic mass is 10.0. The molecule has 2 heterocycles. The molecule has 0 saturated carbocycles. The van der Waals surface area contributed by atoms with E-state index >= 15 is 0 Å². The molecule has 2 aromatic carbocycles. The van der Waals surface area contributed by atoms with Crippen LogP contribution in [0.15, 0.2) is 47.4 Å². The largest absolute Gasteiger partial charge is 0.316 e. The molecule has 21 heavy (non-hydrogen) atoms. The second-order valence-electron chi connectivity index (χ2n) is 5.98. The first-order valence-electron chi connectivity index (χ1n) is 7.35. The van der Waals surface area contributed by atoms with Crippen molar-refractivity contribution < 1.29 is 8.42 Å². The first-order chi connectivity index (χ1) is 10.2. The fraction of sp³-hybridized carbons (Fsp3) is 0.375. The summed E-state index contributed by atoms with van der Waals surface area (Å²) in [6.07, 6.45) is 0. The van der Waals surface area contributed by atoms with Crippen LogP contribution in [0.5, 0.6) is 0 Å². The van der Waals surface area contributed by atoms with Crippen molar-refractivity contribution in [1.29, 1.82) is 0 Å². The SMILES string of the molecule is O=S(=O)(c1cccc2ccccc12)N1C[C@H]2CNC[C@H]2C1. The molecule has 0 bridgehead atoms. The molecule has 4 nitrogen and oxygen atoms in total. The maximum absolute atomic E-state index is 13.0. The van der Waals surface area contributed by atoms with E-state index in [1.165, 1.54) is 0 Å². The van der Waals surface area contributed by atoms with Crippen molar-refractivity contribution in [1.82, 2.24) is 9.62 Å². The van der Waals surface area contributed by atoms with Gasteiger partial charge in [-0.1, -0.05) is 36.4 Å². The average Bonchev–Trinajstić information content (AvgIpc) is 3.08. The van der Waals surface area contributed by atoms with Crippen LogP contribution in [0, 0.1) is 11.8 Å². The molecule has 2 saturated heterocycles. The highest BCUT2D eigenvalue weighted by molar-refractivity contribution is 7.89. The fourth-order valence-electron chi connectivity index (χ4n) is 3.57. The summed E-state index contributed by atoms with van der Waals surface area (Å²) >= 11 is 0. The minimum absolute atomic E-state index is 0.438. The van der Waals surface area contributed by atoms with Crippen LogP contribution in [0.3, 0.4) is 0 Å². The Bertz CT molecular complexity index is 770. The van der Waals surface area contributed by atoms with Gasteiger partial charge in [-0.05, 0) is 36.4 Å². The van der Waals surface area contributed by atoms with Gasteiger partial charge in [0.05, 0.1) is 4.90 Å². The molecule has 2 aromatic rings. The predicted molar refractivity (Wildman–Crippen MR) is 82.6 cm³/mol. The van der Waals surface area contributed by atoms with Gasteiger partial charge in [0.15, 0.2) is 0 Å². The summed E-state index contributed by atoms with van der Waals surface area (Å²) in [6, 6.07) is 13.2. The van der Waals surface area contributed by atoms with E-state index < -0.39 is 10.0 Å². The van der Waals surface area contributed by atoms with Crippen molar-refractivity contribution in [2.75, 3.05) is 26.2 Å². The van der Waals surface area contributed by atoms with Crippen molar-refractivity contribution in [3.8, 4) is 0 Å². The number of nitrogens with zero attached hydrogens (tertiary/aromatic N) is 1. The predicted octanol–water partition coefficient (Wildman–Crippen LogP) is 1.68. The zero-order valence-electron chi connectivity index (χ0n) is 11.7. The Balaban J connectivity index is 1.77. The minimum Gasteiger partial charge on any atom is -0.316 e. The summed E-state index contributed by atoms with van der Waals surface area (Å²) in [5, 5.41) is 5.13. The number of fused-ring (bicyclic) bond motifs is 2. The third kappa shape index (κ3) is 2.08. The van der Waals surface area contributed by atoms with E-state index in [4.69, 9.17) is 0 Å². The lowest BCUT2D eigenvalue weighted by Gasteiger charge is -2.18. The van der Waals surface area contributed by atoms with Crippen molar-refractivity contribution in [3.05, 3.63) is 42.5 Å². The van der Waals surface area contributed by atoms with E-state index in [-0.39, 0.29) is 0 Å². The minimum atomic E-state index is -3.40. The lowest BCUT2D eigenvalue weighted by molar-refractivity contribution is 0.448. The second-order valence-corrected chi connectivity index (χ2v) is 7.88. The molecule has 2 aliphatic rings. The first-order valence-corrected chi connectivity index (χ1v) is 8.79. The molecule has 0 amide bonds. The standard InChI is InChI=1S/C16H18N2O2S/c19-21(20,18-10-13-8-17-9-14(13)11-18)16-7-3-5-12-4-1-2-6-15(12)16/h1-7,13-14,17H,8-11H2/t13-,14+. The molecule has 2 fully saturated rings. The van der Waals surface area contributed by atoms with Gasteiger partial charge in [0.2, 0.25) is 10.0 Å². The van der Waals surface area contributed by atoms with E-state index in [1.54, 1.807) is 10.4 Å². The van der Waals surface area contributed by atoms with Gasteiger partial charge in [-0.3, -0.25) is 0 Å². The van der Waals surface area contributed by atoms with E-state index in [0.29, 0.717) is 29.8 Å². The average molecular weight is 302 g/mol. The van der Waals surface area contributed by atoms with E-state index in [1.807, 2.05) is 36.4 Å². The van der Waals surface area contributed by atoms with Gasteiger partial charge in [0.1, 0.15) is 0 Å². The van der Waals surface area contributed by atoms with Crippen LogP contribution in [-0.4, -0.2) is 38.9 Å². The molecule has 4 rings (SSSR count). The maximum atomic E-state index is 13.0. The quantitative estimate of drug-likeness (QED) is 0.918. The van der Waals surface area contributed by atoms with Gasteiger partial charge >= 0.3 is 0 Å². The van der Waals surface area contributed by atoms with Crippen LogP contribution in [0.25, 0.3) is 10.8 Å². The summed E-state index contributed by atoms with van der Waals surface area (Å²) in [5.41, 5.74) is 0. The Kier molecular flexibility index (Phi) is 3.03. The highest BCUT2D eigenvalue weighted by atomic mass is 32.2.